The molecule has 0 amide bonds. The predicted molar refractivity (Wildman–Crippen MR) is 44.5 cm³/mol. The van der Waals surface area contributed by atoms with Crippen molar-refractivity contribution >= 4 is 12.4 Å². The van der Waals surface area contributed by atoms with Crippen molar-refractivity contribution in [1.29, 1.82) is 0 Å². The van der Waals surface area contributed by atoms with E-state index in [0.29, 0.717) is 5.56 Å². The minimum absolute atomic E-state index is 0.0141. The Hall–Kier alpha value is -1.77. The first kappa shape index (κ1) is 8.33. The summed E-state index contributed by atoms with van der Waals surface area (Å²) in [6.07, 6.45) is 4.10. The van der Waals surface area contributed by atoms with Crippen molar-refractivity contribution in [2.24, 2.45) is 0 Å². The molecule has 0 aliphatic rings. The Balaban J connectivity index is 3.01. The molecule has 0 saturated heterocycles. The second-order valence-electron chi connectivity index (χ2n) is 2.19. The lowest BCUT2D eigenvalue weighted by Gasteiger charge is -1.97. The van der Waals surface area contributed by atoms with Gasteiger partial charge in [-0.2, -0.15) is 0 Å². The van der Waals surface area contributed by atoms with E-state index in [2.05, 4.69) is 0 Å². The highest BCUT2D eigenvalue weighted by Crippen LogP contribution is 2.23. The van der Waals surface area contributed by atoms with Crippen LogP contribution in [-0.2, 0) is 4.79 Å². The summed E-state index contributed by atoms with van der Waals surface area (Å²) >= 11 is 0. The van der Waals surface area contributed by atoms with Crippen molar-refractivity contribution in [3.05, 3.63) is 29.8 Å². The Morgan fingerprint density at radius 3 is 2.67 bits per heavy atom. The molecule has 0 aliphatic heterocycles. The predicted octanol–water partition coefficient (Wildman–Crippen LogP) is 1.22. The normalized spacial score (nSPS) is 10.3. The Morgan fingerprint density at radius 2 is 2.08 bits per heavy atom. The van der Waals surface area contributed by atoms with E-state index in [4.69, 9.17) is 5.11 Å². The first-order valence-corrected chi connectivity index (χ1v) is 3.30. The van der Waals surface area contributed by atoms with Crippen LogP contribution in [0.4, 0.5) is 0 Å². The highest BCUT2D eigenvalue weighted by atomic mass is 16.3. The van der Waals surface area contributed by atoms with Crippen molar-refractivity contribution < 1.29 is 15.0 Å². The van der Waals surface area contributed by atoms with E-state index in [1.54, 1.807) is 6.29 Å². The first-order chi connectivity index (χ1) is 5.74. The number of hydrogen-bond donors (Lipinski definition) is 2. The van der Waals surface area contributed by atoms with Crippen molar-refractivity contribution in [2.45, 2.75) is 0 Å². The SMILES string of the molecule is O=[C]C=Cc1ccc(O)cc1O. The molecule has 1 aromatic rings. The lowest BCUT2D eigenvalue weighted by atomic mass is 10.2. The van der Waals surface area contributed by atoms with Gasteiger partial charge in [0.25, 0.3) is 0 Å². The van der Waals surface area contributed by atoms with E-state index in [1.807, 2.05) is 0 Å². The van der Waals surface area contributed by atoms with E-state index in [1.165, 1.54) is 24.3 Å². The van der Waals surface area contributed by atoms with Gasteiger partial charge in [0.15, 0.2) is 0 Å². The zero-order valence-corrected chi connectivity index (χ0v) is 6.19. The number of aromatic hydroxyl groups is 2. The van der Waals surface area contributed by atoms with Crippen molar-refractivity contribution in [2.75, 3.05) is 0 Å². The largest absolute Gasteiger partial charge is 0.508 e. The molecule has 1 rings (SSSR count). The molecule has 0 bridgehead atoms. The lowest BCUT2D eigenvalue weighted by Crippen LogP contribution is -1.74. The number of rotatable bonds is 2. The molecule has 0 atom stereocenters. The molecule has 0 fully saturated rings. The molecule has 3 nitrogen and oxygen atoms in total. The molecule has 2 N–H and O–H groups in total. The van der Waals surface area contributed by atoms with Crippen LogP contribution in [0.1, 0.15) is 5.56 Å². The van der Waals surface area contributed by atoms with Gasteiger partial charge in [0.2, 0.25) is 6.29 Å². The highest BCUT2D eigenvalue weighted by molar-refractivity contribution is 5.75. The molecule has 0 aromatic heterocycles. The molecular formula is C9H7O3. The third kappa shape index (κ3) is 1.85. The van der Waals surface area contributed by atoms with Crippen LogP contribution >= 0.6 is 0 Å². The third-order valence-electron chi connectivity index (χ3n) is 1.34. The van der Waals surface area contributed by atoms with Gasteiger partial charge in [0.1, 0.15) is 11.5 Å². The fraction of sp³-hybridized carbons (Fsp3) is 0. The smallest absolute Gasteiger partial charge is 0.225 e. The Bertz CT molecular complexity index is 316. The summed E-state index contributed by atoms with van der Waals surface area (Å²) in [6.45, 7) is 0. The Labute approximate surface area is 69.6 Å². The summed E-state index contributed by atoms with van der Waals surface area (Å²) in [7, 11) is 0. The molecule has 12 heavy (non-hydrogen) atoms. The zero-order chi connectivity index (χ0) is 8.97. The minimum atomic E-state index is -0.0681. The second kappa shape index (κ2) is 3.57. The standard InChI is InChI=1S/C9H7O3/c10-5-1-2-7-3-4-8(11)6-9(7)12/h1-4,6,11-12H. The second-order valence-corrected chi connectivity index (χ2v) is 2.19. The molecule has 61 valence electrons. The topological polar surface area (TPSA) is 57.5 Å². The molecule has 0 aliphatic carbocycles. The number of benzene rings is 1. The number of allylic oxidation sites excluding steroid dienone is 1. The average molecular weight is 163 g/mol. The van der Waals surface area contributed by atoms with Gasteiger partial charge in [0.05, 0.1) is 0 Å². The monoisotopic (exact) mass is 163 g/mol. The van der Waals surface area contributed by atoms with Gasteiger partial charge in [0, 0.05) is 11.6 Å². The summed E-state index contributed by atoms with van der Waals surface area (Å²) in [6, 6.07) is 4.12. The summed E-state index contributed by atoms with van der Waals surface area (Å²) in [5.41, 5.74) is 0.469. The highest BCUT2D eigenvalue weighted by Gasteiger charge is 1.97. The van der Waals surface area contributed by atoms with Gasteiger partial charge < -0.3 is 10.2 Å². The van der Waals surface area contributed by atoms with Crippen molar-refractivity contribution in [3.63, 3.8) is 0 Å². The molecular weight excluding hydrogens is 156 g/mol. The van der Waals surface area contributed by atoms with Gasteiger partial charge in [-0.1, -0.05) is 0 Å². The quantitative estimate of drug-likeness (QED) is 0.644. The van der Waals surface area contributed by atoms with Crippen LogP contribution in [0.2, 0.25) is 0 Å². The molecule has 0 spiro atoms. The zero-order valence-electron chi connectivity index (χ0n) is 6.19. The van der Waals surface area contributed by atoms with Gasteiger partial charge in [-0.05, 0) is 24.3 Å². The van der Waals surface area contributed by atoms with Crippen LogP contribution < -0.4 is 0 Å². The summed E-state index contributed by atoms with van der Waals surface area (Å²) in [5, 5.41) is 18.1. The number of phenols is 2. The molecule has 0 heterocycles. The summed E-state index contributed by atoms with van der Waals surface area (Å²) in [4.78, 5) is 9.81. The van der Waals surface area contributed by atoms with E-state index < -0.39 is 0 Å². The van der Waals surface area contributed by atoms with Crippen LogP contribution in [0.5, 0.6) is 11.5 Å². The van der Waals surface area contributed by atoms with Gasteiger partial charge in [-0.25, -0.2) is 0 Å². The molecule has 1 aromatic carbocycles. The number of hydrogen-bond acceptors (Lipinski definition) is 3. The van der Waals surface area contributed by atoms with Gasteiger partial charge in [-0.15, -0.1) is 0 Å². The average Bonchev–Trinajstić information content (AvgIpc) is 2.03. The van der Waals surface area contributed by atoms with Crippen LogP contribution in [-0.4, -0.2) is 16.5 Å². The molecule has 1 radical (unpaired) electrons. The fourth-order valence-corrected chi connectivity index (χ4v) is 0.797. The summed E-state index contributed by atoms with van der Waals surface area (Å²) in [5.74, 6) is -0.0822. The Kier molecular flexibility index (Phi) is 2.48. The van der Waals surface area contributed by atoms with Crippen LogP contribution in [0.15, 0.2) is 24.3 Å². The first-order valence-electron chi connectivity index (χ1n) is 3.30. The minimum Gasteiger partial charge on any atom is -0.508 e. The molecule has 0 unspecified atom stereocenters. The maximum atomic E-state index is 9.81. The van der Waals surface area contributed by atoms with Crippen molar-refractivity contribution in [1.82, 2.24) is 0 Å². The van der Waals surface area contributed by atoms with Crippen molar-refractivity contribution in [3.8, 4) is 11.5 Å². The maximum Gasteiger partial charge on any atom is 0.225 e. The molecule has 0 saturated carbocycles. The molecule has 3 heteroatoms. The number of phenolic OH excluding ortho intramolecular Hbond substituents is 2. The van der Waals surface area contributed by atoms with E-state index >= 15 is 0 Å². The van der Waals surface area contributed by atoms with Crippen LogP contribution in [0.25, 0.3) is 6.08 Å². The van der Waals surface area contributed by atoms with Gasteiger partial charge in [-0.3, -0.25) is 4.79 Å². The van der Waals surface area contributed by atoms with Crippen LogP contribution in [0, 0.1) is 0 Å². The van der Waals surface area contributed by atoms with E-state index in [-0.39, 0.29) is 11.5 Å². The van der Waals surface area contributed by atoms with Crippen LogP contribution in [0.3, 0.4) is 0 Å². The third-order valence-corrected chi connectivity index (χ3v) is 1.34. The summed E-state index contributed by atoms with van der Waals surface area (Å²) < 4.78 is 0. The van der Waals surface area contributed by atoms with E-state index in [0.717, 1.165) is 6.08 Å². The maximum absolute atomic E-state index is 9.81. The number of carbonyl (C=O) groups excluding carboxylic acids is 1. The lowest BCUT2D eigenvalue weighted by molar-refractivity contribution is 0.450. The van der Waals surface area contributed by atoms with Gasteiger partial charge >= 0.3 is 0 Å². The fourth-order valence-electron chi connectivity index (χ4n) is 0.797. The van der Waals surface area contributed by atoms with E-state index in [9.17, 15) is 9.90 Å². The Morgan fingerprint density at radius 1 is 1.33 bits per heavy atom.